The van der Waals surface area contributed by atoms with E-state index in [9.17, 15) is 4.57 Å². The molecule has 0 unspecified atom stereocenters. The van der Waals surface area contributed by atoms with Crippen molar-refractivity contribution in [3.63, 3.8) is 0 Å². The van der Waals surface area contributed by atoms with E-state index >= 15 is 0 Å². The van der Waals surface area contributed by atoms with Gasteiger partial charge in [-0.2, -0.15) is 0 Å². The molecule has 2 aromatic rings. The Morgan fingerprint density at radius 3 is 2.30 bits per heavy atom. The van der Waals surface area contributed by atoms with Crippen LogP contribution >= 0.6 is 7.82 Å². The molecule has 2 atom stereocenters. The minimum absolute atomic E-state index is 0.106. The molecule has 0 aromatic heterocycles. The molecule has 1 aliphatic carbocycles. The molecule has 0 radical (unpaired) electrons. The molecule has 0 saturated heterocycles. The number of hydrogen-bond donors (Lipinski definition) is 3. The summed E-state index contributed by atoms with van der Waals surface area (Å²) in [6, 6.07) is 19.2. The van der Waals surface area contributed by atoms with Crippen molar-refractivity contribution in [2.24, 2.45) is 5.73 Å². The molecule has 0 spiro atoms. The zero-order valence-electron chi connectivity index (χ0n) is 15.5. The van der Waals surface area contributed by atoms with Crippen LogP contribution in [-0.2, 0) is 21.9 Å². The summed E-state index contributed by atoms with van der Waals surface area (Å²) in [5, 5.41) is 0. The van der Waals surface area contributed by atoms with Crippen molar-refractivity contribution in [2.45, 2.75) is 50.0 Å². The van der Waals surface area contributed by atoms with Crippen LogP contribution in [0.5, 0.6) is 0 Å². The number of benzene rings is 2. The Morgan fingerprint density at radius 1 is 1.04 bits per heavy atom. The Kier molecular flexibility index (Phi) is 6.51. The maximum atomic E-state index is 10.9. The van der Waals surface area contributed by atoms with Gasteiger partial charge in [0.2, 0.25) is 0 Å². The first-order valence-electron chi connectivity index (χ1n) is 9.45. The number of nitrogens with two attached hydrogens (primary N) is 1. The van der Waals surface area contributed by atoms with Gasteiger partial charge in [-0.25, -0.2) is 4.57 Å². The van der Waals surface area contributed by atoms with Crippen molar-refractivity contribution in [1.29, 1.82) is 0 Å². The fourth-order valence-electron chi connectivity index (χ4n) is 3.88. The van der Waals surface area contributed by atoms with Crippen LogP contribution in [0.25, 0.3) is 0 Å². The minimum atomic E-state index is -4.47. The fraction of sp³-hybridized carbons (Fsp3) is 0.429. The Balaban J connectivity index is 1.49. The molecule has 0 bridgehead atoms. The first-order valence-corrected chi connectivity index (χ1v) is 11.0. The highest BCUT2D eigenvalue weighted by atomic mass is 31.2. The van der Waals surface area contributed by atoms with Crippen LogP contribution in [-0.4, -0.2) is 21.9 Å². The highest BCUT2D eigenvalue weighted by Gasteiger charge is 2.38. The average Bonchev–Trinajstić information content (AvgIpc) is 3.04. The molecule has 5 nitrogen and oxygen atoms in total. The smallest absolute Gasteiger partial charge is 0.323 e. The quantitative estimate of drug-likeness (QED) is 0.595. The van der Waals surface area contributed by atoms with Crippen LogP contribution in [0, 0.1) is 0 Å². The van der Waals surface area contributed by atoms with E-state index in [4.69, 9.17) is 15.5 Å². The van der Waals surface area contributed by atoms with E-state index in [-0.39, 0.29) is 6.61 Å². The van der Waals surface area contributed by atoms with Crippen LogP contribution in [0.2, 0.25) is 0 Å². The third-order valence-electron chi connectivity index (χ3n) is 5.39. The second-order valence-electron chi connectivity index (χ2n) is 7.65. The molecule has 0 aliphatic heterocycles. The molecule has 4 N–H and O–H groups in total. The van der Waals surface area contributed by atoms with Gasteiger partial charge in [0, 0.05) is 5.54 Å². The molecular weight excluding hydrogens is 361 g/mol. The number of rotatable bonds is 8. The van der Waals surface area contributed by atoms with E-state index in [1.807, 2.05) is 6.07 Å². The Bertz CT molecular complexity index is 775. The van der Waals surface area contributed by atoms with E-state index in [0.29, 0.717) is 18.8 Å². The lowest BCUT2D eigenvalue weighted by Crippen LogP contribution is -2.41. The largest absolute Gasteiger partial charge is 0.469 e. The van der Waals surface area contributed by atoms with E-state index < -0.39 is 13.4 Å². The van der Waals surface area contributed by atoms with Crippen molar-refractivity contribution < 1.29 is 18.9 Å². The summed E-state index contributed by atoms with van der Waals surface area (Å²) in [7, 11) is -4.47. The van der Waals surface area contributed by atoms with Crippen LogP contribution in [0.4, 0.5) is 0 Å². The molecule has 1 saturated carbocycles. The van der Waals surface area contributed by atoms with E-state index in [2.05, 4.69) is 53.1 Å². The molecule has 1 fully saturated rings. The van der Waals surface area contributed by atoms with Crippen molar-refractivity contribution >= 4 is 7.82 Å². The fourth-order valence-corrected chi connectivity index (χ4v) is 4.31. The predicted octanol–water partition coefficient (Wildman–Crippen LogP) is 3.94. The van der Waals surface area contributed by atoms with Crippen LogP contribution < -0.4 is 5.73 Å². The lowest BCUT2D eigenvalue weighted by atomic mass is 9.92. The third kappa shape index (κ3) is 6.27. The molecule has 0 heterocycles. The van der Waals surface area contributed by atoms with Gasteiger partial charge in [-0.1, -0.05) is 54.6 Å². The van der Waals surface area contributed by atoms with Gasteiger partial charge in [-0.15, -0.1) is 0 Å². The summed E-state index contributed by atoms with van der Waals surface area (Å²) < 4.78 is 15.6. The van der Waals surface area contributed by atoms with Crippen molar-refractivity contribution in [3.05, 3.63) is 71.3 Å². The number of phosphoric ester groups is 1. The monoisotopic (exact) mass is 389 g/mol. The van der Waals surface area contributed by atoms with Gasteiger partial charge in [-0.05, 0) is 61.1 Å². The maximum Gasteiger partial charge on any atom is 0.469 e. The van der Waals surface area contributed by atoms with Crippen LogP contribution in [0.15, 0.2) is 54.6 Å². The lowest BCUT2D eigenvalue weighted by Gasteiger charge is -2.24. The van der Waals surface area contributed by atoms with Crippen molar-refractivity contribution in [1.82, 2.24) is 0 Å². The number of hydrogen-bond acceptors (Lipinski definition) is 3. The van der Waals surface area contributed by atoms with E-state index in [1.165, 1.54) is 16.7 Å². The summed E-state index contributed by atoms with van der Waals surface area (Å²) in [5.74, 6) is 0.314. The molecule has 2 aromatic carbocycles. The highest BCUT2D eigenvalue weighted by molar-refractivity contribution is 7.46. The van der Waals surface area contributed by atoms with E-state index in [1.54, 1.807) is 0 Å². The van der Waals surface area contributed by atoms with E-state index in [0.717, 1.165) is 25.7 Å². The zero-order valence-corrected chi connectivity index (χ0v) is 16.4. The zero-order chi connectivity index (χ0) is 19.3. The number of phosphoric acid groups is 1. The van der Waals surface area contributed by atoms with Gasteiger partial charge in [0.1, 0.15) is 0 Å². The van der Waals surface area contributed by atoms with Gasteiger partial charge in [0.15, 0.2) is 0 Å². The van der Waals surface area contributed by atoms with Crippen LogP contribution in [0.1, 0.15) is 48.3 Å². The standard InChI is InChI=1S/C21H28NO4P/c22-21(16-26-27(23,24)25)14-13-20(15-21)19-11-9-18(10-12-19)8-4-7-17-5-2-1-3-6-17/h1-3,5-6,9-12,20H,4,7-8,13-16,22H2,(H2,23,24,25)/t20-,21+/m1/s1. The van der Waals surface area contributed by atoms with Gasteiger partial charge in [0.05, 0.1) is 6.61 Å². The molecule has 0 amide bonds. The lowest BCUT2D eigenvalue weighted by molar-refractivity contribution is 0.153. The molecule has 1 aliphatic rings. The summed E-state index contributed by atoms with van der Waals surface area (Å²) >= 11 is 0. The normalized spacial score (nSPS) is 22.9. The minimum Gasteiger partial charge on any atom is -0.323 e. The van der Waals surface area contributed by atoms with Gasteiger partial charge in [0.25, 0.3) is 0 Å². The molecule has 6 heteroatoms. The van der Waals surface area contributed by atoms with Crippen molar-refractivity contribution in [3.8, 4) is 0 Å². The van der Waals surface area contributed by atoms with Gasteiger partial charge >= 0.3 is 7.82 Å². The molecule has 3 rings (SSSR count). The summed E-state index contributed by atoms with van der Waals surface area (Å²) in [6.45, 7) is -0.106. The summed E-state index contributed by atoms with van der Waals surface area (Å²) in [6.07, 6.45) is 5.56. The second kappa shape index (κ2) is 8.68. The van der Waals surface area contributed by atoms with Crippen molar-refractivity contribution in [2.75, 3.05) is 6.61 Å². The average molecular weight is 389 g/mol. The first kappa shape index (κ1) is 20.2. The summed E-state index contributed by atoms with van der Waals surface area (Å²) in [4.78, 5) is 17.8. The highest BCUT2D eigenvalue weighted by Crippen LogP contribution is 2.43. The van der Waals surface area contributed by atoms with Gasteiger partial charge in [-0.3, -0.25) is 4.52 Å². The Labute approximate surface area is 160 Å². The molecule has 146 valence electrons. The maximum absolute atomic E-state index is 10.9. The Morgan fingerprint density at radius 2 is 1.67 bits per heavy atom. The first-order chi connectivity index (χ1) is 12.8. The second-order valence-corrected chi connectivity index (χ2v) is 8.89. The summed E-state index contributed by atoms with van der Waals surface area (Å²) in [5.41, 5.74) is 9.55. The molecule has 27 heavy (non-hydrogen) atoms. The SMILES string of the molecule is N[C@@]1(COP(=O)(O)O)CC[C@@H](c2ccc(CCCc3ccccc3)cc2)C1. The number of aryl methyl sites for hydroxylation is 2. The van der Waals surface area contributed by atoms with Gasteiger partial charge < -0.3 is 15.5 Å². The molecular formula is C21H28NO4P. The third-order valence-corrected chi connectivity index (χ3v) is 5.85. The predicted molar refractivity (Wildman–Crippen MR) is 106 cm³/mol. The van der Waals surface area contributed by atoms with Crippen LogP contribution in [0.3, 0.4) is 0 Å². The topological polar surface area (TPSA) is 92.8 Å². The Hall–Kier alpha value is -1.49.